The number of rotatable bonds is 7. The molecule has 158 valence electrons. The summed E-state index contributed by atoms with van der Waals surface area (Å²) >= 11 is 1.21. The Labute approximate surface area is 179 Å². The number of furan rings is 1. The van der Waals surface area contributed by atoms with Crippen LogP contribution in [0.3, 0.4) is 0 Å². The third-order valence-corrected chi connectivity index (χ3v) is 5.32. The van der Waals surface area contributed by atoms with Gasteiger partial charge in [0.1, 0.15) is 11.4 Å². The van der Waals surface area contributed by atoms with Gasteiger partial charge >= 0.3 is 11.7 Å². The van der Waals surface area contributed by atoms with E-state index < -0.39 is 24.2 Å². The molecule has 4 rings (SSSR count). The van der Waals surface area contributed by atoms with Crippen molar-refractivity contribution in [3.8, 4) is 22.1 Å². The summed E-state index contributed by atoms with van der Waals surface area (Å²) < 4.78 is 16.1. The molecule has 0 saturated carbocycles. The summed E-state index contributed by atoms with van der Waals surface area (Å²) in [6, 6.07) is 14.4. The predicted octanol–water partition coefficient (Wildman–Crippen LogP) is 3.64. The van der Waals surface area contributed by atoms with Crippen LogP contribution in [0.25, 0.3) is 22.1 Å². The van der Waals surface area contributed by atoms with Gasteiger partial charge in [-0.25, -0.2) is 9.59 Å². The first-order valence-corrected chi connectivity index (χ1v) is 10.1. The molecule has 0 aliphatic rings. The summed E-state index contributed by atoms with van der Waals surface area (Å²) in [5.74, 6) is -1.65. The van der Waals surface area contributed by atoms with Gasteiger partial charge in [0, 0.05) is 4.88 Å². The fraction of sp³-hybridized carbons (Fsp3) is 0.143. The molecule has 3 heterocycles. The molecule has 3 aromatic heterocycles. The van der Waals surface area contributed by atoms with Gasteiger partial charge in [0.25, 0.3) is 5.89 Å². The fourth-order valence-corrected chi connectivity index (χ4v) is 3.82. The zero-order chi connectivity index (χ0) is 21.8. The minimum Gasteiger partial charge on any atom is -0.462 e. The standard InChI is InChI=1S/C21H17N3O6S/c1-2-28-20(26)18-14(11-16(31-18)13-7-4-3-5-8-13)22-17(25)12-24-21(27)30-19(23-24)15-9-6-10-29-15/h3-11H,2,12H2,1H3,(H,22,25). The molecule has 0 atom stereocenters. The number of aromatic nitrogens is 2. The fourth-order valence-electron chi connectivity index (χ4n) is 2.81. The van der Waals surface area contributed by atoms with E-state index in [0.717, 1.165) is 15.1 Å². The van der Waals surface area contributed by atoms with Crippen molar-refractivity contribution in [1.29, 1.82) is 0 Å². The molecular weight excluding hydrogens is 422 g/mol. The molecule has 0 unspecified atom stereocenters. The lowest BCUT2D eigenvalue weighted by atomic mass is 10.2. The van der Waals surface area contributed by atoms with Crippen LogP contribution in [0.5, 0.6) is 0 Å². The number of amides is 1. The molecule has 1 amide bonds. The predicted molar refractivity (Wildman–Crippen MR) is 113 cm³/mol. The molecule has 0 fully saturated rings. The first kappa shape index (κ1) is 20.4. The van der Waals surface area contributed by atoms with Crippen molar-refractivity contribution in [2.75, 3.05) is 11.9 Å². The quantitative estimate of drug-likeness (QED) is 0.437. The number of esters is 1. The minimum absolute atomic E-state index is 0.0306. The minimum atomic E-state index is -0.803. The Bertz CT molecular complexity index is 1250. The van der Waals surface area contributed by atoms with E-state index in [-0.39, 0.29) is 23.1 Å². The maximum atomic E-state index is 12.6. The highest BCUT2D eigenvalue weighted by molar-refractivity contribution is 7.18. The summed E-state index contributed by atoms with van der Waals surface area (Å²) in [6.07, 6.45) is 1.42. The van der Waals surface area contributed by atoms with Crippen molar-refractivity contribution in [2.24, 2.45) is 0 Å². The first-order chi connectivity index (χ1) is 15.0. The number of carbonyl (C=O) groups excluding carboxylic acids is 2. The van der Waals surface area contributed by atoms with Crippen molar-refractivity contribution in [3.63, 3.8) is 0 Å². The van der Waals surface area contributed by atoms with E-state index in [1.165, 1.54) is 17.6 Å². The molecule has 31 heavy (non-hydrogen) atoms. The molecule has 0 aliphatic heterocycles. The van der Waals surface area contributed by atoms with Gasteiger partial charge in [-0.05, 0) is 30.7 Å². The number of thiophene rings is 1. The zero-order valence-corrected chi connectivity index (χ0v) is 17.2. The van der Waals surface area contributed by atoms with Crippen LogP contribution >= 0.6 is 11.3 Å². The molecule has 0 bridgehead atoms. The van der Waals surface area contributed by atoms with E-state index in [1.807, 2.05) is 30.3 Å². The van der Waals surface area contributed by atoms with E-state index in [1.54, 1.807) is 25.1 Å². The second-order valence-electron chi connectivity index (χ2n) is 6.30. The number of nitrogens with one attached hydrogen (secondary N) is 1. The molecule has 4 aromatic rings. The van der Waals surface area contributed by atoms with E-state index in [2.05, 4.69) is 10.4 Å². The Morgan fingerprint density at radius 3 is 2.71 bits per heavy atom. The molecule has 0 saturated heterocycles. The van der Waals surface area contributed by atoms with Gasteiger partial charge in [0.15, 0.2) is 5.76 Å². The molecule has 10 heteroatoms. The normalized spacial score (nSPS) is 10.7. The third-order valence-electron chi connectivity index (χ3n) is 4.16. The number of carbonyl (C=O) groups is 2. The Morgan fingerprint density at radius 2 is 2.00 bits per heavy atom. The van der Waals surface area contributed by atoms with Crippen molar-refractivity contribution >= 4 is 28.9 Å². The van der Waals surface area contributed by atoms with Crippen LogP contribution in [0.2, 0.25) is 0 Å². The lowest BCUT2D eigenvalue weighted by Crippen LogP contribution is -2.26. The van der Waals surface area contributed by atoms with Crippen molar-refractivity contribution in [3.05, 3.63) is 70.2 Å². The lowest BCUT2D eigenvalue weighted by molar-refractivity contribution is -0.117. The number of anilines is 1. The smallest absolute Gasteiger partial charge is 0.437 e. The number of benzene rings is 1. The first-order valence-electron chi connectivity index (χ1n) is 9.33. The maximum Gasteiger partial charge on any atom is 0.437 e. The zero-order valence-electron chi connectivity index (χ0n) is 16.4. The van der Waals surface area contributed by atoms with Gasteiger partial charge in [-0.1, -0.05) is 30.3 Å². The summed E-state index contributed by atoms with van der Waals surface area (Å²) in [5.41, 5.74) is 1.20. The maximum absolute atomic E-state index is 12.6. The number of hydrogen-bond donors (Lipinski definition) is 1. The average Bonchev–Trinajstić information content (AvgIpc) is 3.50. The van der Waals surface area contributed by atoms with Gasteiger partial charge in [-0.3, -0.25) is 4.79 Å². The summed E-state index contributed by atoms with van der Waals surface area (Å²) in [4.78, 5) is 38.0. The highest BCUT2D eigenvalue weighted by atomic mass is 32.1. The van der Waals surface area contributed by atoms with Crippen molar-refractivity contribution in [2.45, 2.75) is 13.5 Å². The van der Waals surface area contributed by atoms with Gasteiger partial charge in [0.05, 0.1) is 18.6 Å². The lowest BCUT2D eigenvalue weighted by Gasteiger charge is -2.05. The summed E-state index contributed by atoms with van der Waals surface area (Å²) in [5, 5.41) is 6.63. The van der Waals surface area contributed by atoms with Crippen LogP contribution in [-0.2, 0) is 16.1 Å². The Kier molecular flexibility index (Phi) is 5.80. The molecule has 1 aromatic carbocycles. The van der Waals surface area contributed by atoms with Crippen molar-refractivity contribution in [1.82, 2.24) is 9.78 Å². The molecule has 1 N–H and O–H groups in total. The SMILES string of the molecule is CCOC(=O)c1sc(-c2ccccc2)cc1NC(=O)Cn1nc(-c2ccco2)oc1=O. The molecule has 0 spiro atoms. The number of nitrogens with zero attached hydrogens (tertiary/aromatic N) is 2. The van der Waals surface area contributed by atoms with Crippen LogP contribution in [0, 0.1) is 0 Å². The van der Waals surface area contributed by atoms with Gasteiger partial charge < -0.3 is 18.9 Å². The van der Waals surface area contributed by atoms with Gasteiger partial charge in [0.2, 0.25) is 5.91 Å². The second kappa shape index (κ2) is 8.84. The van der Waals surface area contributed by atoms with Gasteiger partial charge in [-0.2, -0.15) is 4.68 Å². The number of hydrogen-bond acceptors (Lipinski definition) is 8. The van der Waals surface area contributed by atoms with E-state index >= 15 is 0 Å². The Hall–Kier alpha value is -3.92. The number of ether oxygens (including phenoxy) is 1. The topological polar surface area (TPSA) is 117 Å². The molecule has 0 radical (unpaired) electrons. The van der Waals surface area contributed by atoms with Crippen molar-refractivity contribution < 1.29 is 23.2 Å². The van der Waals surface area contributed by atoms with E-state index in [0.29, 0.717) is 5.69 Å². The Morgan fingerprint density at radius 1 is 1.19 bits per heavy atom. The summed E-state index contributed by atoms with van der Waals surface area (Å²) in [6.45, 7) is 1.51. The third kappa shape index (κ3) is 4.48. The molecule has 0 aliphatic carbocycles. The van der Waals surface area contributed by atoms with Crippen LogP contribution in [0.15, 0.2) is 68.4 Å². The van der Waals surface area contributed by atoms with Crippen LogP contribution in [0.4, 0.5) is 5.69 Å². The average molecular weight is 439 g/mol. The van der Waals surface area contributed by atoms with Crippen LogP contribution < -0.4 is 11.1 Å². The largest absolute Gasteiger partial charge is 0.462 e. The second-order valence-corrected chi connectivity index (χ2v) is 7.35. The highest BCUT2D eigenvalue weighted by Gasteiger charge is 2.21. The van der Waals surface area contributed by atoms with E-state index in [4.69, 9.17) is 13.6 Å². The summed E-state index contributed by atoms with van der Waals surface area (Å²) in [7, 11) is 0. The Balaban J connectivity index is 1.57. The van der Waals surface area contributed by atoms with Gasteiger partial charge in [-0.15, -0.1) is 16.4 Å². The van der Waals surface area contributed by atoms with E-state index in [9.17, 15) is 14.4 Å². The monoisotopic (exact) mass is 439 g/mol. The van der Waals surface area contributed by atoms with Crippen LogP contribution in [0.1, 0.15) is 16.6 Å². The highest BCUT2D eigenvalue weighted by Crippen LogP contribution is 2.35. The van der Waals surface area contributed by atoms with Crippen LogP contribution in [-0.4, -0.2) is 28.3 Å². The molecule has 9 nitrogen and oxygen atoms in total. The molecular formula is C21H17N3O6S.